The molecule has 0 amide bonds. The van der Waals surface area contributed by atoms with Gasteiger partial charge in [-0.2, -0.15) is 0 Å². The molecule has 3 rings (SSSR count). The quantitative estimate of drug-likeness (QED) is 0.635. The first-order valence-electron chi connectivity index (χ1n) is 5.57. The molecule has 0 saturated heterocycles. The van der Waals surface area contributed by atoms with Crippen molar-refractivity contribution in [1.29, 1.82) is 0 Å². The van der Waals surface area contributed by atoms with Gasteiger partial charge in [0.25, 0.3) is 0 Å². The van der Waals surface area contributed by atoms with Gasteiger partial charge in [0.15, 0.2) is 0 Å². The van der Waals surface area contributed by atoms with Crippen molar-refractivity contribution in [2.75, 3.05) is 0 Å². The van der Waals surface area contributed by atoms with Crippen molar-refractivity contribution >= 4 is 31.8 Å². The topological polar surface area (TPSA) is 17.1 Å². The van der Waals surface area contributed by atoms with E-state index in [1.807, 2.05) is 24.3 Å². The van der Waals surface area contributed by atoms with Gasteiger partial charge in [-0.05, 0) is 0 Å². The fraction of sp³-hybridized carbons (Fsp3) is 0. The minimum atomic E-state index is -0.462. The standard InChI is InChI=1S/C15H10OSTe/c16-12-9-14(11-5-2-1-3-6-11)18-15(10-12)13-7-4-8-17-13/h1-10H. The van der Waals surface area contributed by atoms with E-state index in [0.717, 1.165) is 0 Å². The molecule has 1 aromatic carbocycles. The molecule has 0 aliphatic carbocycles. The zero-order valence-corrected chi connectivity index (χ0v) is 12.6. The Bertz CT molecular complexity index is 699. The Morgan fingerprint density at radius 2 is 1.67 bits per heavy atom. The van der Waals surface area contributed by atoms with Crippen LogP contribution in [0.2, 0.25) is 0 Å². The fourth-order valence-electron chi connectivity index (χ4n) is 1.76. The minimum absolute atomic E-state index is 0.119. The summed E-state index contributed by atoms with van der Waals surface area (Å²) in [7, 11) is 0. The molecule has 1 nitrogen and oxygen atoms in total. The molecule has 0 N–H and O–H groups in total. The van der Waals surface area contributed by atoms with E-state index in [-0.39, 0.29) is 5.43 Å². The molecule has 0 atom stereocenters. The third kappa shape index (κ3) is 2.49. The van der Waals surface area contributed by atoms with Crippen LogP contribution in [0.1, 0.15) is 0 Å². The van der Waals surface area contributed by atoms with Crippen molar-refractivity contribution in [3.63, 3.8) is 0 Å². The summed E-state index contributed by atoms with van der Waals surface area (Å²) in [5, 5.41) is 2.06. The van der Waals surface area contributed by atoms with Crippen LogP contribution in [-0.2, 0) is 0 Å². The van der Waals surface area contributed by atoms with Gasteiger partial charge in [-0.3, -0.25) is 0 Å². The normalized spacial score (nSPS) is 10.4. The molecule has 3 heteroatoms. The van der Waals surface area contributed by atoms with Gasteiger partial charge in [0.2, 0.25) is 0 Å². The molecule has 88 valence electrons. The molecule has 3 aromatic rings. The third-order valence-corrected chi connectivity index (χ3v) is 7.12. The number of benzene rings is 1. The SMILES string of the molecule is O=c1cc(-c2ccccc2)[te]c(-c2cccs2)c1. The van der Waals surface area contributed by atoms with Crippen LogP contribution >= 0.6 is 11.3 Å². The molecule has 0 aliphatic rings. The number of hydrogen-bond donors (Lipinski definition) is 0. The molecule has 18 heavy (non-hydrogen) atoms. The van der Waals surface area contributed by atoms with Crippen molar-refractivity contribution in [1.82, 2.24) is 0 Å². The molecule has 0 saturated carbocycles. The molecular formula is C15H10OSTe. The third-order valence-electron chi connectivity index (χ3n) is 2.59. The van der Waals surface area contributed by atoms with Gasteiger partial charge in [-0.1, -0.05) is 0 Å². The first-order valence-corrected chi connectivity index (χ1v) is 8.78. The van der Waals surface area contributed by atoms with Crippen LogP contribution < -0.4 is 5.43 Å². The van der Waals surface area contributed by atoms with E-state index in [1.165, 1.54) is 17.6 Å². The van der Waals surface area contributed by atoms with E-state index in [9.17, 15) is 4.79 Å². The Labute approximate surface area is 119 Å². The zero-order valence-electron chi connectivity index (χ0n) is 9.50. The maximum atomic E-state index is 11.8. The summed E-state index contributed by atoms with van der Waals surface area (Å²) in [5.41, 5.74) is 1.31. The van der Waals surface area contributed by atoms with Gasteiger partial charge >= 0.3 is 120 Å². The number of hydrogen-bond acceptors (Lipinski definition) is 2. The Morgan fingerprint density at radius 3 is 2.39 bits per heavy atom. The Hall–Kier alpha value is -1.14. The van der Waals surface area contributed by atoms with Crippen molar-refractivity contribution < 1.29 is 0 Å². The number of thiophene rings is 1. The molecule has 0 fully saturated rings. The first kappa shape index (κ1) is 11.9. The summed E-state index contributed by atoms with van der Waals surface area (Å²) in [6, 6.07) is 18.0. The predicted octanol–water partition coefficient (Wildman–Crippen LogP) is 3.50. The summed E-state index contributed by atoms with van der Waals surface area (Å²) in [4.78, 5) is 13.1. The monoisotopic (exact) mass is 368 g/mol. The second kappa shape index (κ2) is 5.24. The van der Waals surface area contributed by atoms with Crippen LogP contribution in [-0.4, -0.2) is 20.4 Å². The molecule has 0 unspecified atom stereocenters. The molecule has 0 aliphatic heterocycles. The molecular weight excluding hydrogens is 356 g/mol. The second-order valence-corrected chi connectivity index (χ2v) is 7.91. The molecule has 2 heterocycles. The van der Waals surface area contributed by atoms with Crippen LogP contribution in [0.15, 0.2) is 64.8 Å². The summed E-state index contributed by atoms with van der Waals surface area (Å²) >= 11 is 1.25. The van der Waals surface area contributed by atoms with Crippen molar-refractivity contribution in [2.45, 2.75) is 0 Å². The van der Waals surface area contributed by atoms with Crippen LogP contribution in [0.3, 0.4) is 0 Å². The molecule has 0 radical (unpaired) electrons. The molecule has 2 aromatic heterocycles. The second-order valence-electron chi connectivity index (χ2n) is 3.86. The predicted molar refractivity (Wildman–Crippen MR) is 78.4 cm³/mol. The van der Waals surface area contributed by atoms with E-state index >= 15 is 0 Å². The van der Waals surface area contributed by atoms with Gasteiger partial charge in [-0.25, -0.2) is 0 Å². The van der Waals surface area contributed by atoms with Crippen LogP contribution in [0.5, 0.6) is 0 Å². The fourth-order valence-corrected chi connectivity index (χ4v) is 5.97. The summed E-state index contributed by atoms with van der Waals surface area (Å²) in [5.74, 6) is 0. The van der Waals surface area contributed by atoms with Gasteiger partial charge in [0.1, 0.15) is 0 Å². The maximum absolute atomic E-state index is 11.8. The van der Waals surface area contributed by atoms with Crippen molar-refractivity contribution in [3.8, 4) is 17.6 Å². The summed E-state index contributed by atoms with van der Waals surface area (Å²) in [6.07, 6.45) is 0. The van der Waals surface area contributed by atoms with E-state index < -0.39 is 20.4 Å². The summed E-state index contributed by atoms with van der Waals surface area (Å²) < 4.78 is 2.48. The van der Waals surface area contributed by atoms with Crippen LogP contribution in [0.25, 0.3) is 17.6 Å². The Kier molecular flexibility index (Phi) is 3.47. The van der Waals surface area contributed by atoms with E-state index in [1.54, 1.807) is 23.5 Å². The van der Waals surface area contributed by atoms with Gasteiger partial charge in [-0.15, -0.1) is 0 Å². The van der Waals surface area contributed by atoms with Gasteiger partial charge in [0.05, 0.1) is 0 Å². The zero-order chi connectivity index (χ0) is 12.4. The van der Waals surface area contributed by atoms with Crippen LogP contribution in [0, 0.1) is 0 Å². The molecule has 0 bridgehead atoms. The Balaban J connectivity index is 2.15. The molecule has 0 spiro atoms. The number of rotatable bonds is 2. The first-order chi connectivity index (χ1) is 8.83. The van der Waals surface area contributed by atoms with Crippen molar-refractivity contribution in [2.24, 2.45) is 0 Å². The van der Waals surface area contributed by atoms with Crippen LogP contribution in [0.4, 0.5) is 0 Å². The summed E-state index contributed by atoms with van der Waals surface area (Å²) in [6.45, 7) is 0. The van der Waals surface area contributed by atoms with Gasteiger partial charge in [0, 0.05) is 0 Å². The van der Waals surface area contributed by atoms with Crippen molar-refractivity contribution in [3.05, 3.63) is 70.2 Å². The Morgan fingerprint density at radius 1 is 0.889 bits per heavy atom. The van der Waals surface area contributed by atoms with Gasteiger partial charge < -0.3 is 0 Å². The average Bonchev–Trinajstić information content (AvgIpc) is 2.93. The van der Waals surface area contributed by atoms with E-state index in [4.69, 9.17) is 0 Å². The van der Waals surface area contributed by atoms with E-state index in [2.05, 4.69) is 23.6 Å². The van der Waals surface area contributed by atoms with E-state index in [0.29, 0.717) is 0 Å². The average molecular weight is 366 g/mol.